The summed E-state index contributed by atoms with van der Waals surface area (Å²) >= 11 is 0. The van der Waals surface area contributed by atoms with Crippen LogP contribution in [0.25, 0.3) is 5.65 Å². The third-order valence-electron chi connectivity index (χ3n) is 5.93. The molecule has 0 bridgehead atoms. The van der Waals surface area contributed by atoms with Gasteiger partial charge in [-0.15, -0.1) is 0 Å². The minimum Gasteiger partial charge on any atom is -0.368 e. The van der Waals surface area contributed by atoms with E-state index in [1.54, 1.807) is 6.20 Å². The summed E-state index contributed by atoms with van der Waals surface area (Å²) in [5, 5.41) is 0. The van der Waals surface area contributed by atoms with Crippen molar-refractivity contribution < 1.29 is 9.53 Å². The van der Waals surface area contributed by atoms with Gasteiger partial charge in [-0.3, -0.25) is 4.79 Å². The molecular weight excluding hydrogens is 368 g/mol. The van der Waals surface area contributed by atoms with Gasteiger partial charge in [0, 0.05) is 52.0 Å². The number of hydrogen-bond donors (Lipinski definition) is 0. The SMILES string of the molecule is CN(C)c1ncc2c(n1)C1(CCN(C(=O)c3ccc4nccn4c3)CC1)OCC2. The lowest BCUT2D eigenvalue weighted by Gasteiger charge is -2.44. The zero-order valence-corrected chi connectivity index (χ0v) is 16.7. The number of likely N-dealkylation sites (tertiary alicyclic amines) is 1. The topological polar surface area (TPSA) is 75.9 Å². The van der Waals surface area contributed by atoms with Crippen molar-refractivity contribution >= 4 is 17.5 Å². The fraction of sp³-hybridized carbons (Fsp3) is 0.429. The quantitative estimate of drug-likeness (QED) is 0.663. The van der Waals surface area contributed by atoms with Gasteiger partial charge in [0.25, 0.3) is 5.91 Å². The van der Waals surface area contributed by atoms with Gasteiger partial charge >= 0.3 is 0 Å². The van der Waals surface area contributed by atoms with Crippen LogP contribution in [0, 0.1) is 0 Å². The first-order chi connectivity index (χ1) is 14.1. The van der Waals surface area contributed by atoms with Gasteiger partial charge in [-0.2, -0.15) is 0 Å². The van der Waals surface area contributed by atoms with Gasteiger partial charge in [0.15, 0.2) is 0 Å². The summed E-state index contributed by atoms with van der Waals surface area (Å²) in [5.74, 6) is 0.740. The van der Waals surface area contributed by atoms with Gasteiger partial charge in [-0.25, -0.2) is 15.0 Å². The van der Waals surface area contributed by atoms with E-state index in [9.17, 15) is 4.79 Å². The number of nitrogens with zero attached hydrogens (tertiary/aromatic N) is 6. The molecule has 29 heavy (non-hydrogen) atoms. The molecule has 0 unspecified atom stereocenters. The Hall–Kier alpha value is -3.00. The highest BCUT2D eigenvalue weighted by atomic mass is 16.5. The maximum Gasteiger partial charge on any atom is 0.255 e. The average molecular weight is 392 g/mol. The molecule has 0 saturated carbocycles. The van der Waals surface area contributed by atoms with Crippen molar-refractivity contribution in [1.29, 1.82) is 0 Å². The minimum atomic E-state index is -0.424. The van der Waals surface area contributed by atoms with Crippen molar-refractivity contribution in [1.82, 2.24) is 24.3 Å². The van der Waals surface area contributed by atoms with Crippen molar-refractivity contribution in [2.45, 2.75) is 24.9 Å². The highest BCUT2D eigenvalue weighted by Crippen LogP contribution is 2.41. The van der Waals surface area contributed by atoms with Crippen molar-refractivity contribution in [2.75, 3.05) is 38.7 Å². The fourth-order valence-electron chi connectivity index (χ4n) is 4.30. The molecule has 0 aliphatic carbocycles. The van der Waals surface area contributed by atoms with Gasteiger partial charge in [-0.05, 0) is 37.0 Å². The lowest BCUT2D eigenvalue weighted by Crippen LogP contribution is -2.49. The number of carbonyl (C=O) groups is 1. The molecule has 8 heteroatoms. The normalized spacial score (nSPS) is 18.1. The summed E-state index contributed by atoms with van der Waals surface area (Å²) in [5.41, 5.74) is 3.24. The van der Waals surface area contributed by atoms with Crippen molar-refractivity contribution in [3.63, 3.8) is 0 Å². The Balaban J connectivity index is 1.37. The maximum atomic E-state index is 13.0. The second-order valence-electron chi connectivity index (χ2n) is 7.93. The van der Waals surface area contributed by atoms with Crippen LogP contribution in [0.15, 0.2) is 36.9 Å². The molecule has 3 aromatic rings. The molecule has 0 N–H and O–H groups in total. The lowest BCUT2D eigenvalue weighted by atomic mass is 9.83. The number of rotatable bonds is 2. The highest BCUT2D eigenvalue weighted by Gasteiger charge is 2.43. The van der Waals surface area contributed by atoms with Crippen molar-refractivity contribution in [2.24, 2.45) is 0 Å². The summed E-state index contributed by atoms with van der Waals surface area (Å²) in [6.07, 6.45) is 9.67. The van der Waals surface area contributed by atoms with E-state index in [2.05, 4.69) is 9.97 Å². The van der Waals surface area contributed by atoms with E-state index in [4.69, 9.17) is 9.72 Å². The van der Waals surface area contributed by atoms with E-state index in [0.717, 1.165) is 36.2 Å². The highest BCUT2D eigenvalue weighted by molar-refractivity contribution is 5.94. The summed E-state index contributed by atoms with van der Waals surface area (Å²) in [7, 11) is 3.88. The zero-order chi connectivity index (χ0) is 20.0. The van der Waals surface area contributed by atoms with Gasteiger partial charge in [0.05, 0.1) is 17.9 Å². The van der Waals surface area contributed by atoms with Crippen molar-refractivity contribution in [3.8, 4) is 0 Å². The molecule has 0 atom stereocenters. The number of amides is 1. The molecule has 5 rings (SSSR count). The number of fused-ring (bicyclic) bond motifs is 3. The van der Waals surface area contributed by atoms with Crippen LogP contribution in [0.5, 0.6) is 0 Å². The molecule has 1 saturated heterocycles. The number of aromatic nitrogens is 4. The lowest BCUT2D eigenvalue weighted by molar-refractivity contribution is -0.0967. The smallest absolute Gasteiger partial charge is 0.255 e. The number of anilines is 1. The molecule has 8 nitrogen and oxygen atoms in total. The molecule has 1 fully saturated rings. The number of ether oxygens (including phenoxy) is 1. The first-order valence-corrected chi connectivity index (χ1v) is 9.95. The number of imidazole rings is 1. The van der Waals surface area contributed by atoms with E-state index in [-0.39, 0.29) is 5.91 Å². The largest absolute Gasteiger partial charge is 0.368 e. The van der Waals surface area contributed by atoms with Crippen LogP contribution in [0.4, 0.5) is 5.95 Å². The second-order valence-corrected chi connectivity index (χ2v) is 7.93. The molecule has 1 spiro atoms. The van der Waals surface area contributed by atoms with Crippen LogP contribution < -0.4 is 4.90 Å². The van der Waals surface area contributed by atoms with E-state index >= 15 is 0 Å². The average Bonchev–Trinajstić information content (AvgIpc) is 3.22. The monoisotopic (exact) mass is 392 g/mol. The predicted molar refractivity (Wildman–Crippen MR) is 108 cm³/mol. The molecule has 2 aliphatic heterocycles. The Morgan fingerprint density at radius 3 is 2.83 bits per heavy atom. The fourth-order valence-corrected chi connectivity index (χ4v) is 4.30. The molecule has 0 radical (unpaired) electrons. The Labute approximate surface area is 169 Å². The predicted octanol–water partition coefficient (Wildman–Crippen LogP) is 1.89. The molecule has 2 aliphatic rings. The van der Waals surface area contributed by atoms with Gasteiger partial charge in [-0.1, -0.05) is 0 Å². The molecule has 5 heterocycles. The van der Waals surface area contributed by atoms with Crippen LogP contribution in [0.2, 0.25) is 0 Å². The number of piperidine rings is 1. The molecule has 150 valence electrons. The van der Waals surface area contributed by atoms with Gasteiger partial charge < -0.3 is 18.9 Å². The second kappa shape index (κ2) is 6.81. The summed E-state index contributed by atoms with van der Waals surface area (Å²) < 4.78 is 8.16. The summed E-state index contributed by atoms with van der Waals surface area (Å²) in [6.45, 7) is 1.95. The van der Waals surface area contributed by atoms with E-state index in [1.165, 1.54) is 0 Å². The molecule has 3 aromatic heterocycles. The minimum absolute atomic E-state index is 0.0446. The number of pyridine rings is 1. The van der Waals surface area contributed by atoms with Crippen LogP contribution >= 0.6 is 0 Å². The molecule has 0 aromatic carbocycles. The zero-order valence-electron chi connectivity index (χ0n) is 16.7. The summed E-state index contributed by atoms with van der Waals surface area (Å²) in [6, 6.07) is 3.72. The maximum absolute atomic E-state index is 13.0. The van der Waals surface area contributed by atoms with Gasteiger partial charge in [0.1, 0.15) is 11.2 Å². The standard InChI is InChI=1S/C21H24N6O2/c1-25(2)20-23-13-15-5-12-29-21(18(15)24-20)6-9-26(10-7-21)19(28)16-3-4-17-22-8-11-27(17)14-16/h3-4,8,11,13-14H,5-7,9-10,12H2,1-2H3. The van der Waals surface area contributed by atoms with Crippen LogP contribution in [-0.2, 0) is 16.8 Å². The first-order valence-electron chi connectivity index (χ1n) is 9.95. The Bertz CT molecular complexity index is 1070. The van der Waals surface area contributed by atoms with Gasteiger partial charge in [0.2, 0.25) is 5.95 Å². The van der Waals surface area contributed by atoms with E-state index < -0.39 is 5.60 Å². The number of carbonyl (C=O) groups excluding carboxylic acids is 1. The third-order valence-corrected chi connectivity index (χ3v) is 5.93. The number of hydrogen-bond acceptors (Lipinski definition) is 6. The third kappa shape index (κ3) is 3.04. The Morgan fingerprint density at radius 2 is 2.03 bits per heavy atom. The summed E-state index contributed by atoms with van der Waals surface area (Å²) in [4.78, 5) is 30.4. The van der Waals surface area contributed by atoms with Crippen LogP contribution in [0.3, 0.4) is 0 Å². The van der Waals surface area contributed by atoms with E-state index in [1.807, 2.05) is 59.0 Å². The first kappa shape index (κ1) is 18.1. The van der Waals surface area contributed by atoms with E-state index in [0.29, 0.717) is 31.2 Å². The molecule has 1 amide bonds. The van der Waals surface area contributed by atoms with Crippen molar-refractivity contribution in [3.05, 3.63) is 53.7 Å². The Kier molecular flexibility index (Phi) is 4.24. The van der Waals surface area contributed by atoms with Crippen LogP contribution in [-0.4, -0.2) is 64.0 Å². The Morgan fingerprint density at radius 1 is 1.21 bits per heavy atom. The van der Waals surface area contributed by atoms with Crippen LogP contribution in [0.1, 0.15) is 34.5 Å². The molecular formula is C21H24N6O2.